The van der Waals surface area contributed by atoms with Crippen molar-refractivity contribution in [3.8, 4) is 5.75 Å². The summed E-state index contributed by atoms with van der Waals surface area (Å²) in [6.07, 6.45) is 1.85. The minimum atomic E-state index is 0.633. The van der Waals surface area contributed by atoms with Crippen molar-refractivity contribution in [2.24, 2.45) is 4.99 Å². The number of ether oxygens (including phenoxy) is 1. The normalized spacial score (nSPS) is 14.9. The number of piperazine rings is 1. The maximum atomic E-state index is 5.85. The van der Waals surface area contributed by atoms with Crippen molar-refractivity contribution < 1.29 is 4.74 Å². The molecule has 0 radical (unpaired) electrons. The van der Waals surface area contributed by atoms with E-state index in [-0.39, 0.29) is 0 Å². The fraction of sp³-hybridized carbons (Fsp3) is 0.478. The van der Waals surface area contributed by atoms with Crippen molar-refractivity contribution in [2.75, 3.05) is 64.9 Å². The first kappa shape index (κ1) is 21.9. The second kappa shape index (κ2) is 11.4. The number of likely N-dealkylation sites (N-methyl/N-ethyl adjacent to an activating group) is 1. The summed E-state index contributed by atoms with van der Waals surface area (Å²) in [5.74, 6) is 2.92. The minimum Gasteiger partial charge on any atom is -0.492 e. The third kappa shape index (κ3) is 6.62. The lowest BCUT2D eigenvalue weighted by Gasteiger charge is -2.37. The van der Waals surface area contributed by atoms with Gasteiger partial charge in [-0.05, 0) is 50.8 Å². The summed E-state index contributed by atoms with van der Waals surface area (Å²) in [4.78, 5) is 16.1. The molecule has 1 aliphatic heterocycles. The molecule has 162 valence electrons. The van der Waals surface area contributed by atoms with Crippen LogP contribution in [0.25, 0.3) is 0 Å². The van der Waals surface area contributed by atoms with Crippen molar-refractivity contribution in [3.05, 3.63) is 54.2 Å². The van der Waals surface area contributed by atoms with Crippen LogP contribution in [0.4, 0.5) is 5.82 Å². The van der Waals surface area contributed by atoms with Crippen molar-refractivity contribution in [1.82, 2.24) is 20.1 Å². The molecular weight excluding hydrogens is 376 g/mol. The molecule has 2 heterocycles. The van der Waals surface area contributed by atoms with E-state index in [9.17, 15) is 0 Å². The molecule has 1 aliphatic rings. The van der Waals surface area contributed by atoms with Crippen LogP contribution in [-0.4, -0.2) is 80.7 Å². The molecular formula is C23H34N6O. The van der Waals surface area contributed by atoms with E-state index in [1.165, 1.54) is 0 Å². The van der Waals surface area contributed by atoms with E-state index in [1.807, 2.05) is 44.6 Å². The Hall–Kier alpha value is -2.80. The molecule has 0 bridgehead atoms. The molecule has 7 heteroatoms. The Balaban J connectivity index is 1.57. The Morgan fingerprint density at radius 3 is 2.67 bits per heavy atom. The minimum absolute atomic E-state index is 0.633. The smallest absolute Gasteiger partial charge is 0.194 e. The Kier molecular flexibility index (Phi) is 8.32. The molecule has 0 amide bonds. The van der Waals surface area contributed by atoms with Gasteiger partial charge in [-0.25, -0.2) is 9.98 Å². The Bertz CT molecular complexity index is 787. The summed E-state index contributed by atoms with van der Waals surface area (Å²) in [6.45, 7) is 8.92. The van der Waals surface area contributed by atoms with Gasteiger partial charge < -0.3 is 24.8 Å². The van der Waals surface area contributed by atoms with E-state index in [0.717, 1.165) is 62.4 Å². The van der Waals surface area contributed by atoms with Gasteiger partial charge in [0.05, 0.1) is 6.54 Å². The van der Waals surface area contributed by atoms with Crippen LogP contribution in [-0.2, 0) is 6.54 Å². The molecule has 0 unspecified atom stereocenters. The van der Waals surface area contributed by atoms with E-state index in [4.69, 9.17) is 9.73 Å². The molecule has 0 saturated carbocycles. The van der Waals surface area contributed by atoms with E-state index >= 15 is 0 Å². The van der Waals surface area contributed by atoms with Crippen molar-refractivity contribution in [1.29, 1.82) is 0 Å². The molecule has 0 aliphatic carbocycles. The molecule has 3 rings (SSSR count). The molecule has 0 atom stereocenters. The summed E-state index contributed by atoms with van der Waals surface area (Å²) in [7, 11) is 4.10. The van der Waals surface area contributed by atoms with Gasteiger partial charge in [-0.3, -0.25) is 0 Å². The number of guanidine groups is 1. The van der Waals surface area contributed by atoms with E-state index in [1.54, 1.807) is 0 Å². The van der Waals surface area contributed by atoms with Gasteiger partial charge in [-0.1, -0.05) is 18.2 Å². The number of nitrogens with one attached hydrogen (secondary N) is 1. The molecule has 1 aromatic heterocycles. The van der Waals surface area contributed by atoms with Crippen molar-refractivity contribution >= 4 is 11.8 Å². The van der Waals surface area contributed by atoms with Gasteiger partial charge in [-0.15, -0.1) is 0 Å². The number of anilines is 1. The zero-order chi connectivity index (χ0) is 21.2. The maximum absolute atomic E-state index is 5.85. The number of pyridine rings is 1. The molecule has 1 aromatic carbocycles. The van der Waals surface area contributed by atoms with Gasteiger partial charge in [0.15, 0.2) is 5.96 Å². The summed E-state index contributed by atoms with van der Waals surface area (Å²) < 4.78 is 5.85. The molecule has 1 N–H and O–H groups in total. The van der Waals surface area contributed by atoms with Crippen LogP contribution < -0.4 is 15.0 Å². The van der Waals surface area contributed by atoms with Gasteiger partial charge in [0.25, 0.3) is 0 Å². The average molecular weight is 411 g/mol. The first-order valence-corrected chi connectivity index (χ1v) is 10.7. The number of rotatable bonds is 8. The SMILES string of the molecule is CCNC(=NCc1cccc(OCCN(C)C)c1)N1CCN(c2ccccn2)CC1. The highest BCUT2D eigenvalue weighted by Gasteiger charge is 2.20. The molecule has 0 spiro atoms. The molecule has 1 saturated heterocycles. The van der Waals surface area contributed by atoms with Gasteiger partial charge >= 0.3 is 0 Å². The Morgan fingerprint density at radius 1 is 1.13 bits per heavy atom. The van der Waals surface area contributed by atoms with Crippen molar-refractivity contribution in [3.63, 3.8) is 0 Å². The number of benzene rings is 1. The standard InChI is InChI=1S/C23H34N6O/c1-4-24-23(29-14-12-28(13-15-29)22-10-5-6-11-25-22)26-19-20-8-7-9-21(18-20)30-17-16-27(2)3/h5-11,18H,4,12-17,19H2,1-3H3,(H,24,26). The van der Waals surface area contributed by atoms with E-state index < -0.39 is 0 Å². The predicted molar refractivity (Wildman–Crippen MR) is 123 cm³/mol. The van der Waals surface area contributed by atoms with Crippen molar-refractivity contribution in [2.45, 2.75) is 13.5 Å². The highest BCUT2D eigenvalue weighted by molar-refractivity contribution is 5.80. The first-order chi connectivity index (χ1) is 14.7. The summed E-state index contributed by atoms with van der Waals surface area (Å²) >= 11 is 0. The maximum Gasteiger partial charge on any atom is 0.194 e. The topological polar surface area (TPSA) is 56.2 Å². The largest absolute Gasteiger partial charge is 0.492 e. The quantitative estimate of drug-likeness (QED) is 0.532. The van der Waals surface area contributed by atoms with Gasteiger partial charge in [0.2, 0.25) is 0 Å². The van der Waals surface area contributed by atoms with E-state index in [0.29, 0.717) is 13.2 Å². The van der Waals surface area contributed by atoms with Gasteiger partial charge in [0, 0.05) is 45.5 Å². The predicted octanol–water partition coefficient (Wildman–Crippen LogP) is 2.31. The fourth-order valence-electron chi connectivity index (χ4n) is 3.36. The molecule has 7 nitrogen and oxygen atoms in total. The third-order valence-electron chi connectivity index (χ3n) is 5.00. The van der Waals surface area contributed by atoms with Crippen LogP contribution in [0.3, 0.4) is 0 Å². The van der Waals surface area contributed by atoms with E-state index in [2.05, 4.69) is 50.1 Å². The van der Waals surface area contributed by atoms with Crippen LogP contribution in [0.2, 0.25) is 0 Å². The zero-order valence-electron chi connectivity index (χ0n) is 18.4. The lowest BCUT2D eigenvalue weighted by Crippen LogP contribution is -2.52. The second-order valence-corrected chi connectivity index (χ2v) is 7.63. The average Bonchev–Trinajstić information content (AvgIpc) is 2.77. The van der Waals surface area contributed by atoms with Crippen LogP contribution >= 0.6 is 0 Å². The highest BCUT2D eigenvalue weighted by Crippen LogP contribution is 2.15. The summed E-state index contributed by atoms with van der Waals surface area (Å²) in [5, 5.41) is 3.44. The van der Waals surface area contributed by atoms with Gasteiger partial charge in [0.1, 0.15) is 18.2 Å². The number of aliphatic imine (C=N–C) groups is 1. The number of hydrogen-bond acceptors (Lipinski definition) is 5. The highest BCUT2D eigenvalue weighted by atomic mass is 16.5. The number of aromatic nitrogens is 1. The third-order valence-corrected chi connectivity index (χ3v) is 5.00. The lowest BCUT2D eigenvalue weighted by molar-refractivity contribution is 0.261. The first-order valence-electron chi connectivity index (χ1n) is 10.7. The van der Waals surface area contributed by atoms with Crippen LogP contribution in [0.5, 0.6) is 5.75 Å². The second-order valence-electron chi connectivity index (χ2n) is 7.63. The zero-order valence-corrected chi connectivity index (χ0v) is 18.4. The molecule has 1 fully saturated rings. The monoisotopic (exact) mass is 410 g/mol. The summed E-state index contributed by atoms with van der Waals surface area (Å²) in [5.41, 5.74) is 1.15. The molecule has 30 heavy (non-hydrogen) atoms. The number of nitrogens with zero attached hydrogens (tertiary/aromatic N) is 5. The van der Waals surface area contributed by atoms with Crippen LogP contribution in [0, 0.1) is 0 Å². The Morgan fingerprint density at radius 2 is 1.97 bits per heavy atom. The summed E-state index contributed by atoms with van der Waals surface area (Å²) in [6, 6.07) is 14.3. The number of hydrogen-bond donors (Lipinski definition) is 1. The lowest BCUT2D eigenvalue weighted by atomic mass is 10.2. The van der Waals surface area contributed by atoms with Crippen LogP contribution in [0.15, 0.2) is 53.7 Å². The Labute approximate surface area is 180 Å². The fourth-order valence-corrected chi connectivity index (χ4v) is 3.36. The molecule has 2 aromatic rings. The van der Waals surface area contributed by atoms with Gasteiger partial charge in [-0.2, -0.15) is 0 Å². The van der Waals surface area contributed by atoms with Crippen LogP contribution in [0.1, 0.15) is 12.5 Å².